The molecule has 2 amide bonds. The van der Waals surface area contributed by atoms with E-state index in [1.54, 1.807) is 30.3 Å². The molecule has 1 aliphatic heterocycles. The van der Waals surface area contributed by atoms with Gasteiger partial charge in [-0.3, -0.25) is 19.4 Å². The van der Waals surface area contributed by atoms with Crippen LogP contribution in [0.5, 0.6) is 0 Å². The number of rotatable bonds is 9. The topological polar surface area (TPSA) is 99.1 Å². The Bertz CT molecular complexity index is 1260. The van der Waals surface area contributed by atoms with E-state index in [2.05, 4.69) is 26.1 Å². The highest BCUT2D eigenvalue weighted by molar-refractivity contribution is 6.47. The molecule has 0 unspecified atom stereocenters. The van der Waals surface area contributed by atoms with Crippen LogP contribution in [-0.2, 0) is 16.1 Å². The maximum absolute atomic E-state index is 13.9. The zero-order chi connectivity index (χ0) is 28.4. The molecule has 1 fully saturated rings. The maximum atomic E-state index is 13.9. The molecule has 208 valence electrons. The summed E-state index contributed by atoms with van der Waals surface area (Å²) in [5.41, 5.74) is 1.88. The van der Waals surface area contributed by atoms with E-state index in [4.69, 9.17) is 33.3 Å². The van der Waals surface area contributed by atoms with Gasteiger partial charge in [-0.25, -0.2) is 0 Å². The average Bonchev–Trinajstić information content (AvgIpc) is 3.14. The molecular formula is C30H35Cl2N3O4. The monoisotopic (exact) mass is 571 g/mol. The average molecular weight is 573 g/mol. The van der Waals surface area contributed by atoms with Crippen LogP contribution < -0.4 is 5.32 Å². The van der Waals surface area contributed by atoms with Crippen LogP contribution in [0.4, 0.5) is 0 Å². The summed E-state index contributed by atoms with van der Waals surface area (Å²) in [6.45, 7) is 7.27. The summed E-state index contributed by atoms with van der Waals surface area (Å²) < 4.78 is 0. The Morgan fingerprint density at radius 2 is 1.72 bits per heavy atom. The quantitative estimate of drug-likeness (QED) is 0.366. The number of nitrogens with one attached hydrogen (secondary N) is 1. The number of carbonyl (C=O) groups excluding carboxylic acids is 2. The number of halogens is 2. The van der Waals surface area contributed by atoms with E-state index in [0.717, 1.165) is 37.7 Å². The van der Waals surface area contributed by atoms with Crippen molar-refractivity contribution in [3.8, 4) is 0 Å². The Morgan fingerprint density at radius 3 is 2.28 bits per heavy atom. The second kappa shape index (κ2) is 11.7. The molecule has 1 aliphatic carbocycles. The molecule has 7 nitrogen and oxygen atoms in total. The Hall–Kier alpha value is -2.90. The van der Waals surface area contributed by atoms with Gasteiger partial charge in [-0.05, 0) is 72.9 Å². The van der Waals surface area contributed by atoms with E-state index in [1.165, 1.54) is 0 Å². The SMILES string of the molecule is CCC(C)(C)C1CCC2(CC1)N=C(c1cc(Cl)cc(Cl)c1)C(=O)N2Cc1ccc(C(=O)NCCC(=O)O)cc1. The summed E-state index contributed by atoms with van der Waals surface area (Å²) in [6.07, 6.45) is 4.46. The normalized spacial score (nSPS) is 21.3. The molecule has 2 aliphatic rings. The van der Waals surface area contributed by atoms with E-state index in [0.29, 0.717) is 39.3 Å². The highest BCUT2D eigenvalue weighted by Gasteiger charge is 2.50. The third-order valence-electron chi connectivity index (χ3n) is 8.39. The maximum Gasteiger partial charge on any atom is 0.305 e. The van der Waals surface area contributed by atoms with Crippen molar-refractivity contribution in [2.24, 2.45) is 16.3 Å². The van der Waals surface area contributed by atoms with Crippen LogP contribution in [0.25, 0.3) is 0 Å². The number of carbonyl (C=O) groups is 3. The molecule has 2 N–H and O–H groups in total. The fraction of sp³-hybridized carbons (Fsp3) is 0.467. The lowest BCUT2D eigenvalue weighted by molar-refractivity contribution is -0.136. The summed E-state index contributed by atoms with van der Waals surface area (Å²) in [4.78, 5) is 43.9. The fourth-order valence-corrected chi connectivity index (χ4v) is 6.12. The number of hydrogen-bond acceptors (Lipinski definition) is 4. The molecule has 2 aromatic rings. The highest BCUT2D eigenvalue weighted by Crippen LogP contribution is 2.48. The van der Waals surface area contributed by atoms with Gasteiger partial charge in [-0.1, -0.05) is 62.5 Å². The summed E-state index contributed by atoms with van der Waals surface area (Å²) in [7, 11) is 0. The first kappa shape index (κ1) is 29.1. The van der Waals surface area contributed by atoms with Crippen molar-refractivity contribution in [3.63, 3.8) is 0 Å². The van der Waals surface area contributed by atoms with Crippen molar-refractivity contribution in [2.45, 2.75) is 71.5 Å². The minimum atomic E-state index is -0.969. The van der Waals surface area contributed by atoms with Crippen LogP contribution >= 0.6 is 23.2 Å². The van der Waals surface area contributed by atoms with Gasteiger partial charge in [0.05, 0.1) is 6.42 Å². The van der Waals surface area contributed by atoms with Gasteiger partial charge in [0.25, 0.3) is 11.8 Å². The van der Waals surface area contributed by atoms with Crippen LogP contribution in [0.15, 0.2) is 47.5 Å². The van der Waals surface area contributed by atoms with Crippen molar-refractivity contribution < 1.29 is 19.5 Å². The first-order valence-electron chi connectivity index (χ1n) is 13.4. The van der Waals surface area contributed by atoms with E-state index in [1.807, 2.05) is 17.0 Å². The lowest BCUT2D eigenvalue weighted by Crippen LogP contribution is -2.49. The van der Waals surface area contributed by atoms with E-state index >= 15 is 0 Å². The molecule has 9 heteroatoms. The fourth-order valence-electron chi connectivity index (χ4n) is 5.59. The minimum absolute atomic E-state index is 0.0597. The van der Waals surface area contributed by atoms with Crippen molar-refractivity contribution in [3.05, 3.63) is 69.2 Å². The molecule has 1 spiro atoms. The van der Waals surface area contributed by atoms with Crippen LogP contribution in [0.1, 0.15) is 80.8 Å². The standard InChI is InChI=1S/C30H35Cl2N3O4/c1-4-29(2,3)22-9-12-30(13-10-22)34-26(21-15-23(31)17-24(32)16-21)28(39)35(30)18-19-5-7-20(8-6-19)27(38)33-14-11-25(36)37/h5-8,15-17,22H,4,9-14,18H2,1-3H3,(H,33,38)(H,36,37). The zero-order valence-corrected chi connectivity index (χ0v) is 24.1. The Kier molecular flexibility index (Phi) is 8.72. The van der Waals surface area contributed by atoms with Crippen LogP contribution in [0, 0.1) is 11.3 Å². The molecule has 0 bridgehead atoms. The third kappa shape index (κ3) is 6.47. The van der Waals surface area contributed by atoms with E-state index in [9.17, 15) is 14.4 Å². The molecular weight excluding hydrogens is 537 g/mol. The molecule has 1 saturated carbocycles. The molecule has 1 heterocycles. The summed E-state index contributed by atoms with van der Waals surface area (Å²) in [5.74, 6) is -0.901. The summed E-state index contributed by atoms with van der Waals surface area (Å²) in [5, 5.41) is 12.3. The molecule has 0 aromatic heterocycles. The molecule has 0 atom stereocenters. The number of aliphatic carboxylic acids is 1. The largest absolute Gasteiger partial charge is 0.481 e. The molecule has 0 radical (unpaired) electrons. The Labute approximate surface area is 239 Å². The van der Waals surface area contributed by atoms with Crippen LogP contribution in [-0.4, -0.2) is 45.7 Å². The number of hydrogen-bond donors (Lipinski definition) is 2. The van der Waals surface area contributed by atoms with Crippen LogP contribution in [0.3, 0.4) is 0 Å². The second-order valence-electron chi connectivity index (χ2n) is 11.2. The van der Waals surface area contributed by atoms with Gasteiger partial charge in [0, 0.05) is 34.3 Å². The van der Waals surface area contributed by atoms with Crippen molar-refractivity contribution in [1.82, 2.24) is 10.2 Å². The molecule has 4 rings (SSSR count). The molecule has 0 saturated heterocycles. The van der Waals surface area contributed by atoms with Crippen molar-refractivity contribution >= 4 is 46.7 Å². The van der Waals surface area contributed by atoms with Gasteiger partial charge >= 0.3 is 5.97 Å². The first-order valence-corrected chi connectivity index (χ1v) is 14.2. The third-order valence-corrected chi connectivity index (χ3v) is 8.83. The predicted molar refractivity (Wildman–Crippen MR) is 153 cm³/mol. The van der Waals surface area contributed by atoms with Crippen LogP contribution in [0.2, 0.25) is 10.0 Å². The van der Waals surface area contributed by atoms with Gasteiger partial charge < -0.3 is 15.3 Å². The second-order valence-corrected chi connectivity index (χ2v) is 12.1. The smallest absolute Gasteiger partial charge is 0.305 e. The van der Waals surface area contributed by atoms with Gasteiger partial charge in [0.2, 0.25) is 0 Å². The molecule has 2 aromatic carbocycles. The highest BCUT2D eigenvalue weighted by atomic mass is 35.5. The number of nitrogens with zero attached hydrogens (tertiary/aromatic N) is 2. The predicted octanol–water partition coefficient (Wildman–Crippen LogP) is 6.35. The zero-order valence-electron chi connectivity index (χ0n) is 22.6. The number of carboxylic acids is 1. The Morgan fingerprint density at radius 1 is 1.10 bits per heavy atom. The Balaban J connectivity index is 1.58. The van der Waals surface area contributed by atoms with Gasteiger partial charge in [-0.15, -0.1) is 0 Å². The molecule has 39 heavy (non-hydrogen) atoms. The number of amides is 2. The van der Waals surface area contributed by atoms with Gasteiger partial charge in [0.1, 0.15) is 11.4 Å². The number of aliphatic imine (C=N–C) groups is 1. The first-order chi connectivity index (χ1) is 18.4. The van der Waals surface area contributed by atoms with Crippen molar-refractivity contribution in [2.75, 3.05) is 6.54 Å². The van der Waals surface area contributed by atoms with Crippen molar-refractivity contribution in [1.29, 1.82) is 0 Å². The lowest BCUT2D eigenvalue weighted by Gasteiger charge is -2.45. The number of carboxylic acid groups (broad SMARTS) is 1. The van der Waals surface area contributed by atoms with Gasteiger partial charge in [0.15, 0.2) is 0 Å². The lowest BCUT2D eigenvalue weighted by atomic mass is 9.67. The number of benzene rings is 2. The van der Waals surface area contributed by atoms with Gasteiger partial charge in [-0.2, -0.15) is 0 Å². The summed E-state index contributed by atoms with van der Waals surface area (Å²) >= 11 is 12.5. The van der Waals surface area contributed by atoms with E-state index in [-0.39, 0.29) is 30.2 Å². The summed E-state index contributed by atoms with van der Waals surface area (Å²) in [6, 6.07) is 12.1. The van der Waals surface area contributed by atoms with E-state index < -0.39 is 11.6 Å². The minimum Gasteiger partial charge on any atom is -0.481 e.